The molecule has 2 aromatic rings. The van der Waals surface area contributed by atoms with Gasteiger partial charge in [-0.2, -0.15) is 0 Å². The Morgan fingerprint density at radius 3 is 2.92 bits per heavy atom. The van der Waals surface area contributed by atoms with Gasteiger partial charge in [0, 0.05) is 36.6 Å². The lowest BCUT2D eigenvalue weighted by atomic mass is 10.1. The molecule has 1 atom stereocenters. The van der Waals surface area contributed by atoms with Gasteiger partial charge >= 0.3 is 0 Å². The van der Waals surface area contributed by atoms with E-state index in [0.717, 1.165) is 24.4 Å². The van der Waals surface area contributed by atoms with E-state index in [-0.39, 0.29) is 30.7 Å². The second kappa shape index (κ2) is 9.97. The Labute approximate surface area is 164 Å². The highest BCUT2D eigenvalue weighted by atomic mass is 35.5. The van der Waals surface area contributed by atoms with Gasteiger partial charge in [0.05, 0.1) is 5.01 Å². The van der Waals surface area contributed by atoms with E-state index in [4.69, 9.17) is 5.73 Å². The molecule has 0 fully saturated rings. The first-order valence-corrected chi connectivity index (χ1v) is 8.84. The minimum absolute atomic E-state index is 0. The molecule has 8 heteroatoms. The van der Waals surface area contributed by atoms with Crippen LogP contribution in [0, 0.1) is 0 Å². The number of halogens is 2. The summed E-state index contributed by atoms with van der Waals surface area (Å²) in [6, 6.07) is 8.95. The van der Waals surface area contributed by atoms with Crippen LogP contribution in [-0.4, -0.2) is 36.6 Å². The van der Waals surface area contributed by atoms with Crippen LogP contribution in [0.25, 0.3) is 0 Å². The molecule has 2 heterocycles. The molecule has 0 saturated heterocycles. The lowest BCUT2D eigenvalue weighted by molar-refractivity contribution is 0.0950. The van der Waals surface area contributed by atoms with Crippen LogP contribution >= 0.6 is 36.2 Å². The number of carbonyl (C=O) groups excluding carboxylic acids is 1. The predicted octanol–water partition coefficient (Wildman–Crippen LogP) is 2.67. The van der Waals surface area contributed by atoms with E-state index < -0.39 is 0 Å². The van der Waals surface area contributed by atoms with Crippen LogP contribution in [0.1, 0.15) is 28.0 Å². The lowest BCUT2D eigenvalue weighted by Gasteiger charge is -2.24. The predicted molar refractivity (Wildman–Crippen MR) is 109 cm³/mol. The van der Waals surface area contributed by atoms with E-state index in [9.17, 15) is 4.79 Å². The minimum atomic E-state index is -0.107. The van der Waals surface area contributed by atoms with Crippen molar-refractivity contribution in [2.75, 3.05) is 24.5 Å². The molecule has 3 rings (SSSR count). The first kappa shape index (κ1) is 21.7. The molecule has 1 aromatic carbocycles. The van der Waals surface area contributed by atoms with Gasteiger partial charge in [-0.15, -0.1) is 36.2 Å². The highest BCUT2D eigenvalue weighted by Gasteiger charge is 2.25. The van der Waals surface area contributed by atoms with Crippen LogP contribution < -0.4 is 16.0 Å². The van der Waals surface area contributed by atoms with Gasteiger partial charge in [0.1, 0.15) is 5.69 Å². The quantitative estimate of drug-likeness (QED) is 0.778. The first-order valence-electron chi connectivity index (χ1n) is 7.96. The molecule has 5 nitrogen and oxygen atoms in total. The molecule has 138 valence electrons. The van der Waals surface area contributed by atoms with Gasteiger partial charge in [-0.1, -0.05) is 18.2 Å². The summed E-state index contributed by atoms with van der Waals surface area (Å²) in [4.78, 5) is 18.8. The number of nitrogens with one attached hydrogen (secondary N) is 1. The average Bonchev–Trinajstić information content (AvgIpc) is 3.13. The molecule has 0 aliphatic carbocycles. The maximum atomic E-state index is 12.1. The number of para-hydroxylation sites is 1. The zero-order chi connectivity index (χ0) is 16.2. The second-order valence-corrected chi connectivity index (χ2v) is 6.74. The normalized spacial score (nSPS) is 15.1. The zero-order valence-corrected chi connectivity index (χ0v) is 16.6. The summed E-state index contributed by atoms with van der Waals surface area (Å²) in [6.45, 7) is 4.20. The zero-order valence-electron chi connectivity index (χ0n) is 14.1. The van der Waals surface area contributed by atoms with Crippen molar-refractivity contribution in [2.45, 2.75) is 25.8 Å². The van der Waals surface area contributed by atoms with Crippen molar-refractivity contribution in [1.82, 2.24) is 10.3 Å². The SMILES string of the molecule is CC1Cc2ccccc2N1CCNC(=O)c1csc(CCN)n1.Cl.Cl. The smallest absolute Gasteiger partial charge is 0.270 e. The maximum absolute atomic E-state index is 12.1. The Bertz CT molecular complexity index is 695. The van der Waals surface area contributed by atoms with E-state index in [2.05, 4.69) is 46.4 Å². The Morgan fingerprint density at radius 1 is 1.40 bits per heavy atom. The van der Waals surface area contributed by atoms with Crippen LogP contribution in [0.5, 0.6) is 0 Å². The van der Waals surface area contributed by atoms with Crippen molar-refractivity contribution in [3.05, 3.63) is 45.9 Å². The topological polar surface area (TPSA) is 71.2 Å². The molecule has 1 unspecified atom stereocenters. The van der Waals surface area contributed by atoms with Crippen molar-refractivity contribution in [3.8, 4) is 0 Å². The fourth-order valence-corrected chi connectivity index (χ4v) is 3.80. The molecule has 0 radical (unpaired) electrons. The van der Waals surface area contributed by atoms with E-state index in [1.165, 1.54) is 22.6 Å². The highest BCUT2D eigenvalue weighted by molar-refractivity contribution is 7.09. The number of nitrogens with zero attached hydrogens (tertiary/aromatic N) is 2. The number of rotatable bonds is 6. The molecule has 3 N–H and O–H groups in total. The summed E-state index contributed by atoms with van der Waals surface area (Å²) in [5.74, 6) is -0.107. The lowest BCUT2D eigenvalue weighted by Crippen LogP contribution is -2.38. The number of amides is 1. The standard InChI is InChI=1S/C17H22N4OS.2ClH/c1-12-10-13-4-2-3-5-15(13)21(12)9-8-19-17(22)14-11-23-16(20-14)6-7-18;;/h2-5,11-12H,6-10,18H2,1H3,(H,19,22);2*1H. The van der Waals surface area contributed by atoms with Crippen LogP contribution in [0.4, 0.5) is 5.69 Å². The highest BCUT2D eigenvalue weighted by Crippen LogP contribution is 2.31. The number of nitrogens with two attached hydrogens (primary N) is 1. The number of thiazole rings is 1. The number of aromatic nitrogens is 1. The number of hydrogen-bond donors (Lipinski definition) is 2. The molecule has 25 heavy (non-hydrogen) atoms. The summed E-state index contributed by atoms with van der Waals surface area (Å²) >= 11 is 1.49. The summed E-state index contributed by atoms with van der Waals surface area (Å²) in [7, 11) is 0. The summed E-state index contributed by atoms with van der Waals surface area (Å²) in [5.41, 5.74) is 8.67. The van der Waals surface area contributed by atoms with Crippen LogP contribution in [0.15, 0.2) is 29.6 Å². The van der Waals surface area contributed by atoms with Crippen molar-refractivity contribution < 1.29 is 4.79 Å². The van der Waals surface area contributed by atoms with Crippen LogP contribution in [0.3, 0.4) is 0 Å². The Kier molecular flexibility index (Phi) is 8.65. The van der Waals surface area contributed by atoms with Crippen molar-refractivity contribution in [3.63, 3.8) is 0 Å². The van der Waals surface area contributed by atoms with E-state index in [0.29, 0.717) is 24.8 Å². The minimum Gasteiger partial charge on any atom is -0.367 e. The number of anilines is 1. The van der Waals surface area contributed by atoms with Crippen molar-refractivity contribution in [2.24, 2.45) is 5.73 Å². The van der Waals surface area contributed by atoms with Crippen molar-refractivity contribution in [1.29, 1.82) is 0 Å². The fourth-order valence-electron chi connectivity index (χ4n) is 3.00. The molecule has 1 amide bonds. The van der Waals surface area contributed by atoms with Gasteiger partial charge in [0.2, 0.25) is 0 Å². The largest absolute Gasteiger partial charge is 0.367 e. The Balaban J connectivity index is 0.00000156. The molecule has 1 aliphatic rings. The van der Waals surface area contributed by atoms with E-state index in [1.807, 2.05) is 0 Å². The van der Waals surface area contributed by atoms with E-state index in [1.54, 1.807) is 5.38 Å². The first-order chi connectivity index (χ1) is 11.2. The number of carbonyl (C=O) groups is 1. The third-order valence-corrected chi connectivity index (χ3v) is 5.04. The molecular formula is C17H24Cl2N4OS. The number of hydrogen-bond acceptors (Lipinski definition) is 5. The Morgan fingerprint density at radius 2 is 2.16 bits per heavy atom. The van der Waals surface area contributed by atoms with Crippen LogP contribution in [0.2, 0.25) is 0 Å². The van der Waals surface area contributed by atoms with Crippen molar-refractivity contribution >= 4 is 47.7 Å². The summed E-state index contributed by atoms with van der Waals surface area (Å²) in [5, 5.41) is 5.68. The summed E-state index contributed by atoms with van der Waals surface area (Å²) < 4.78 is 0. The Hall–Kier alpha value is -1.34. The van der Waals surface area contributed by atoms with Gasteiger partial charge in [0.15, 0.2) is 0 Å². The monoisotopic (exact) mass is 402 g/mol. The van der Waals surface area contributed by atoms with Gasteiger partial charge < -0.3 is 16.0 Å². The summed E-state index contributed by atoms with van der Waals surface area (Å²) in [6.07, 6.45) is 1.79. The molecule has 0 bridgehead atoms. The number of benzene rings is 1. The number of fused-ring (bicyclic) bond motifs is 1. The molecule has 0 saturated carbocycles. The fraction of sp³-hybridized carbons (Fsp3) is 0.412. The molecule has 1 aromatic heterocycles. The van der Waals surface area contributed by atoms with E-state index >= 15 is 0 Å². The molecule has 1 aliphatic heterocycles. The second-order valence-electron chi connectivity index (χ2n) is 5.80. The van der Waals surface area contributed by atoms with Gasteiger partial charge in [0.25, 0.3) is 5.91 Å². The maximum Gasteiger partial charge on any atom is 0.270 e. The molecular weight excluding hydrogens is 379 g/mol. The third-order valence-electron chi connectivity index (χ3n) is 4.13. The third kappa shape index (κ3) is 5.07. The average molecular weight is 403 g/mol. The molecule has 0 spiro atoms. The van der Waals surface area contributed by atoms with Gasteiger partial charge in [-0.3, -0.25) is 4.79 Å². The van der Waals surface area contributed by atoms with Gasteiger partial charge in [-0.25, -0.2) is 4.98 Å². The van der Waals surface area contributed by atoms with Crippen LogP contribution in [-0.2, 0) is 12.8 Å². The van der Waals surface area contributed by atoms with Gasteiger partial charge in [-0.05, 0) is 31.5 Å².